The molecule has 1 aromatic heterocycles. The predicted octanol–water partition coefficient (Wildman–Crippen LogP) is 4.52. The number of rotatable bonds is 5. The first-order valence-corrected chi connectivity index (χ1v) is 10.1. The van der Waals surface area contributed by atoms with E-state index < -0.39 is 0 Å². The number of hydrogen-bond acceptors (Lipinski definition) is 4. The van der Waals surface area contributed by atoms with Gasteiger partial charge < -0.3 is 10.2 Å². The normalized spacial score (nSPS) is 16.5. The van der Waals surface area contributed by atoms with Crippen molar-refractivity contribution in [3.05, 3.63) is 59.4 Å². The maximum absolute atomic E-state index is 12.9. The predicted molar refractivity (Wildman–Crippen MR) is 108 cm³/mol. The Morgan fingerprint density at radius 1 is 1.14 bits per heavy atom. The number of para-hydroxylation sites is 1. The zero-order valence-corrected chi connectivity index (χ0v) is 16.0. The monoisotopic (exact) mass is 397 g/mol. The number of fused-ring (bicyclic) bond motifs is 1. The molecule has 1 aliphatic rings. The zero-order valence-electron chi connectivity index (χ0n) is 15.2. The van der Waals surface area contributed by atoms with Crippen LogP contribution in [0.25, 0.3) is 10.2 Å². The lowest BCUT2D eigenvalue weighted by Crippen LogP contribution is -2.31. The number of benzene rings is 2. The van der Waals surface area contributed by atoms with Gasteiger partial charge in [-0.05, 0) is 49.2 Å². The Morgan fingerprint density at radius 2 is 1.93 bits per heavy atom. The van der Waals surface area contributed by atoms with Crippen LogP contribution in [0.5, 0.6) is 0 Å². The largest absolute Gasteiger partial charge is 0.333 e. The fourth-order valence-corrected chi connectivity index (χ4v) is 4.59. The molecular formula is C21H20FN3O2S. The zero-order chi connectivity index (χ0) is 19.5. The Bertz CT molecular complexity index is 969. The van der Waals surface area contributed by atoms with Gasteiger partial charge >= 0.3 is 0 Å². The highest BCUT2D eigenvalue weighted by molar-refractivity contribution is 7.18. The molecule has 2 aromatic carbocycles. The molecule has 0 spiro atoms. The van der Waals surface area contributed by atoms with Crippen molar-refractivity contribution in [2.45, 2.75) is 31.7 Å². The summed E-state index contributed by atoms with van der Waals surface area (Å²) in [6.45, 7) is 0.693. The van der Waals surface area contributed by atoms with Crippen LogP contribution in [0.1, 0.15) is 36.7 Å². The fraction of sp³-hybridized carbons (Fsp3) is 0.286. The molecule has 5 nitrogen and oxygen atoms in total. The lowest BCUT2D eigenvalue weighted by atomic mass is 10.2. The molecule has 2 amide bonds. The van der Waals surface area contributed by atoms with E-state index in [2.05, 4.69) is 5.32 Å². The quantitative estimate of drug-likeness (QED) is 0.689. The van der Waals surface area contributed by atoms with Crippen LogP contribution in [0.15, 0.2) is 48.5 Å². The molecule has 3 aromatic rings. The molecule has 0 bridgehead atoms. The highest BCUT2D eigenvalue weighted by atomic mass is 32.1. The molecule has 0 unspecified atom stereocenters. The van der Waals surface area contributed by atoms with E-state index in [1.807, 2.05) is 29.2 Å². The van der Waals surface area contributed by atoms with Gasteiger partial charge in [-0.25, -0.2) is 9.37 Å². The lowest BCUT2D eigenvalue weighted by molar-refractivity contribution is -0.133. The van der Waals surface area contributed by atoms with Crippen molar-refractivity contribution in [2.24, 2.45) is 0 Å². The summed E-state index contributed by atoms with van der Waals surface area (Å²) in [6.07, 6.45) is 2.08. The maximum Gasteiger partial charge on any atom is 0.224 e. The second-order valence-electron chi connectivity index (χ2n) is 6.82. The van der Waals surface area contributed by atoms with Crippen molar-refractivity contribution in [2.75, 3.05) is 11.9 Å². The van der Waals surface area contributed by atoms with Crippen LogP contribution < -0.4 is 5.32 Å². The molecule has 1 N–H and O–H groups in total. The second-order valence-corrected chi connectivity index (χ2v) is 7.88. The first kappa shape index (κ1) is 18.6. The summed E-state index contributed by atoms with van der Waals surface area (Å²) in [5.74, 6) is -0.644. The van der Waals surface area contributed by atoms with E-state index in [1.165, 1.54) is 24.3 Å². The number of nitrogens with zero attached hydrogens (tertiary/aromatic N) is 2. The van der Waals surface area contributed by atoms with E-state index in [1.54, 1.807) is 11.3 Å². The molecular weight excluding hydrogens is 377 g/mol. The molecule has 4 rings (SSSR count). The third-order valence-corrected chi connectivity index (χ3v) is 6.00. The molecule has 1 saturated heterocycles. The van der Waals surface area contributed by atoms with Crippen LogP contribution >= 0.6 is 11.3 Å². The summed E-state index contributed by atoms with van der Waals surface area (Å²) >= 11 is 1.63. The van der Waals surface area contributed by atoms with Gasteiger partial charge in [-0.2, -0.15) is 0 Å². The van der Waals surface area contributed by atoms with Gasteiger partial charge in [-0.1, -0.05) is 12.1 Å². The van der Waals surface area contributed by atoms with E-state index >= 15 is 0 Å². The Morgan fingerprint density at radius 3 is 2.71 bits per heavy atom. The van der Waals surface area contributed by atoms with E-state index in [9.17, 15) is 14.0 Å². The highest BCUT2D eigenvalue weighted by Crippen LogP contribution is 2.36. The summed E-state index contributed by atoms with van der Waals surface area (Å²) in [7, 11) is 0. The van der Waals surface area contributed by atoms with Gasteiger partial charge in [0.15, 0.2) is 0 Å². The van der Waals surface area contributed by atoms with Crippen LogP contribution in [0.4, 0.5) is 10.1 Å². The Balaban J connectivity index is 1.36. The van der Waals surface area contributed by atoms with Crippen LogP contribution in [0, 0.1) is 5.82 Å². The average Bonchev–Trinajstić information content (AvgIpc) is 3.34. The number of hydrogen-bond donors (Lipinski definition) is 1. The molecule has 1 fully saturated rings. The highest BCUT2D eigenvalue weighted by Gasteiger charge is 2.32. The summed E-state index contributed by atoms with van der Waals surface area (Å²) in [4.78, 5) is 31.4. The molecule has 144 valence electrons. The first-order valence-electron chi connectivity index (χ1n) is 9.30. The van der Waals surface area contributed by atoms with Gasteiger partial charge in [0.05, 0.1) is 16.3 Å². The SMILES string of the molecule is O=C(CCC(=O)N1CCC[C@@H]1c1nc2ccccc2s1)Nc1ccc(F)cc1. The van der Waals surface area contributed by atoms with E-state index in [0.29, 0.717) is 12.2 Å². The molecule has 0 saturated carbocycles. The molecule has 2 heterocycles. The van der Waals surface area contributed by atoms with Crippen molar-refractivity contribution < 1.29 is 14.0 Å². The second kappa shape index (κ2) is 8.06. The minimum Gasteiger partial charge on any atom is -0.333 e. The number of amides is 2. The van der Waals surface area contributed by atoms with E-state index in [4.69, 9.17) is 4.98 Å². The molecule has 7 heteroatoms. The number of thiazole rings is 1. The first-order chi connectivity index (χ1) is 13.6. The lowest BCUT2D eigenvalue weighted by Gasteiger charge is -2.23. The number of nitrogens with one attached hydrogen (secondary N) is 1. The van der Waals surface area contributed by atoms with Gasteiger partial charge in [0.2, 0.25) is 11.8 Å². The third-order valence-electron chi connectivity index (χ3n) is 4.86. The standard InChI is InChI=1S/C21H20FN3O2S/c22-14-7-9-15(10-8-14)23-19(26)11-12-20(27)25-13-3-5-17(25)21-24-16-4-1-2-6-18(16)28-21/h1-2,4,6-10,17H,3,5,11-13H2,(H,23,26)/t17-/m1/s1. The van der Waals surface area contributed by atoms with Crippen LogP contribution in [-0.2, 0) is 9.59 Å². The molecule has 0 aliphatic carbocycles. The Labute approximate surface area is 166 Å². The number of halogens is 1. The Kier molecular flexibility index (Phi) is 5.34. The number of likely N-dealkylation sites (tertiary alicyclic amines) is 1. The van der Waals surface area contributed by atoms with Crippen LogP contribution in [-0.4, -0.2) is 28.2 Å². The summed E-state index contributed by atoms with van der Waals surface area (Å²) < 4.78 is 14.0. The minimum atomic E-state index is -0.358. The number of aromatic nitrogens is 1. The van der Waals surface area contributed by atoms with Crippen molar-refractivity contribution in [1.82, 2.24) is 9.88 Å². The summed E-state index contributed by atoms with van der Waals surface area (Å²) in [5, 5.41) is 3.65. The maximum atomic E-state index is 12.9. The Hall–Kier alpha value is -2.80. The van der Waals surface area contributed by atoms with Crippen LogP contribution in [0.2, 0.25) is 0 Å². The van der Waals surface area contributed by atoms with Gasteiger partial charge in [0.25, 0.3) is 0 Å². The van der Waals surface area contributed by atoms with E-state index in [-0.39, 0.29) is 36.5 Å². The van der Waals surface area contributed by atoms with Gasteiger partial charge in [0, 0.05) is 25.1 Å². The number of carbonyl (C=O) groups excluding carboxylic acids is 2. The summed E-state index contributed by atoms with van der Waals surface area (Å²) in [5.41, 5.74) is 1.48. The van der Waals surface area contributed by atoms with E-state index in [0.717, 1.165) is 28.1 Å². The molecule has 1 aliphatic heterocycles. The van der Waals surface area contributed by atoms with Gasteiger partial charge in [-0.3, -0.25) is 9.59 Å². The van der Waals surface area contributed by atoms with Gasteiger partial charge in [0.1, 0.15) is 10.8 Å². The third kappa shape index (κ3) is 4.04. The molecule has 0 radical (unpaired) electrons. The number of carbonyl (C=O) groups is 2. The van der Waals surface area contributed by atoms with Gasteiger partial charge in [-0.15, -0.1) is 11.3 Å². The smallest absolute Gasteiger partial charge is 0.224 e. The number of anilines is 1. The fourth-order valence-electron chi connectivity index (χ4n) is 3.48. The molecule has 1 atom stereocenters. The topological polar surface area (TPSA) is 62.3 Å². The van der Waals surface area contributed by atoms with Crippen molar-refractivity contribution >= 4 is 39.1 Å². The molecule has 28 heavy (non-hydrogen) atoms. The van der Waals surface area contributed by atoms with Crippen LogP contribution in [0.3, 0.4) is 0 Å². The summed E-state index contributed by atoms with van der Waals surface area (Å²) in [6, 6.07) is 13.5. The van der Waals surface area contributed by atoms with Crippen molar-refractivity contribution in [1.29, 1.82) is 0 Å². The minimum absolute atomic E-state index is 0.00920. The van der Waals surface area contributed by atoms with Crippen molar-refractivity contribution in [3.8, 4) is 0 Å². The van der Waals surface area contributed by atoms with Crippen molar-refractivity contribution in [3.63, 3.8) is 0 Å². The average molecular weight is 397 g/mol.